The molecule has 0 saturated heterocycles. The van der Waals surface area contributed by atoms with Gasteiger partial charge < -0.3 is 5.32 Å². The average molecular weight is 254 g/mol. The van der Waals surface area contributed by atoms with Gasteiger partial charge in [-0.3, -0.25) is 0 Å². The molecule has 1 nitrogen and oxygen atoms in total. The van der Waals surface area contributed by atoms with E-state index in [-0.39, 0.29) is 11.6 Å². The van der Waals surface area contributed by atoms with Crippen LogP contribution < -0.4 is 5.32 Å². The Bertz CT molecular complexity index is 491. The number of nitrogens with one attached hydrogen (secondary N) is 1. The summed E-state index contributed by atoms with van der Waals surface area (Å²) in [5.41, 5.74) is 1.51. The van der Waals surface area contributed by atoms with Crippen LogP contribution in [0.2, 0.25) is 5.02 Å². The van der Waals surface area contributed by atoms with Crippen LogP contribution in [0.15, 0.2) is 42.5 Å². The second-order valence-electron chi connectivity index (χ2n) is 3.64. The van der Waals surface area contributed by atoms with E-state index in [1.807, 2.05) is 0 Å². The minimum atomic E-state index is -0.390. The van der Waals surface area contributed by atoms with Gasteiger partial charge in [0.15, 0.2) is 0 Å². The summed E-state index contributed by atoms with van der Waals surface area (Å²) in [4.78, 5) is 0. The van der Waals surface area contributed by atoms with Gasteiger partial charge in [0.25, 0.3) is 0 Å². The fourth-order valence-electron chi connectivity index (χ4n) is 1.46. The minimum absolute atomic E-state index is 0.275. The number of halogens is 3. The summed E-state index contributed by atoms with van der Waals surface area (Å²) in [6.07, 6.45) is 0. The Balaban J connectivity index is 2.04. The zero-order chi connectivity index (χ0) is 12.3. The van der Waals surface area contributed by atoms with E-state index in [9.17, 15) is 8.78 Å². The molecule has 0 radical (unpaired) electrons. The lowest BCUT2D eigenvalue weighted by atomic mass is 10.2. The molecular formula is C13H10ClF2N. The summed E-state index contributed by atoms with van der Waals surface area (Å²) in [6, 6.07) is 10.3. The van der Waals surface area contributed by atoms with E-state index in [0.717, 1.165) is 5.56 Å². The molecule has 0 heterocycles. The van der Waals surface area contributed by atoms with Crippen LogP contribution in [0.1, 0.15) is 5.56 Å². The van der Waals surface area contributed by atoms with Gasteiger partial charge in [-0.05, 0) is 35.9 Å². The highest BCUT2D eigenvalue weighted by Gasteiger charge is 1.99. The lowest BCUT2D eigenvalue weighted by Gasteiger charge is -2.07. The molecule has 4 heteroatoms. The van der Waals surface area contributed by atoms with Gasteiger partial charge in [-0.25, -0.2) is 8.78 Å². The minimum Gasteiger partial charge on any atom is -0.381 e. The summed E-state index contributed by atoms with van der Waals surface area (Å²) in [5.74, 6) is -0.665. The van der Waals surface area contributed by atoms with Gasteiger partial charge in [0.05, 0.1) is 0 Å². The van der Waals surface area contributed by atoms with Crippen molar-refractivity contribution in [2.75, 3.05) is 5.32 Å². The highest BCUT2D eigenvalue weighted by atomic mass is 35.5. The van der Waals surface area contributed by atoms with Gasteiger partial charge in [0, 0.05) is 17.3 Å². The molecule has 0 amide bonds. The van der Waals surface area contributed by atoms with E-state index in [1.54, 1.807) is 18.2 Å². The maximum atomic E-state index is 13.0. The number of benzene rings is 2. The largest absolute Gasteiger partial charge is 0.381 e. The number of rotatable bonds is 3. The van der Waals surface area contributed by atoms with E-state index < -0.39 is 0 Å². The van der Waals surface area contributed by atoms with Gasteiger partial charge >= 0.3 is 0 Å². The molecule has 0 aliphatic carbocycles. The van der Waals surface area contributed by atoms with Crippen molar-refractivity contribution in [3.8, 4) is 0 Å². The first-order valence-electron chi connectivity index (χ1n) is 5.08. The number of hydrogen-bond acceptors (Lipinski definition) is 1. The van der Waals surface area contributed by atoms with Crippen LogP contribution in [0.25, 0.3) is 0 Å². The standard InChI is InChI=1S/C13H10ClF2N/c14-10-5-12(16)7-13(6-10)17-8-9-1-3-11(15)4-2-9/h1-7,17H,8H2. The predicted octanol–water partition coefficient (Wildman–Crippen LogP) is 4.23. The van der Waals surface area contributed by atoms with E-state index in [4.69, 9.17) is 11.6 Å². The monoisotopic (exact) mass is 253 g/mol. The molecule has 2 aromatic carbocycles. The topological polar surface area (TPSA) is 12.0 Å². The van der Waals surface area contributed by atoms with Crippen LogP contribution in [-0.4, -0.2) is 0 Å². The van der Waals surface area contributed by atoms with Crippen LogP contribution >= 0.6 is 11.6 Å². The molecule has 17 heavy (non-hydrogen) atoms. The fraction of sp³-hybridized carbons (Fsp3) is 0.0769. The molecular weight excluding hydrogens is 244 g/mol. The van der Waals surface area contributed by atoms with Crippen molar-refractivity contribution in [1.82, 2.24) is 0 Å². The average Bonchev–Trinajstić information content (AvgIpc) is 2.27. The highest BCUT2D eigenvalue weighted by molar-refractivity contribution is 6.30. The summed E-state index contributed by atoms with van der Waals surface area (Å²) < 4.78 is 25.7. The summed E-state index contributed by atoms with van der Waals surface area (Å²) in [6.45, 7) is 0.486. The lowest BCUT2D eigenvalue weighted by Crippen LogP contribution is -1.99. The molecule has 0 saturated carbocycles. The van der Waals surface area contributed by atoms with Crippen molar-refractivity contribution in [2.45, 2.75) is 6.54 Å². The summed E-state index contributed by atoms with van der Waals surface area (Å²) in [7, 11) is 0. The molecule has 0 atom stereocenters. The summed E-state index contributed by atoms with van der Waals surface area (Å²) >= 11 is 5.72. The third-order valence-corrected chi connectivity index (χ3v) is 2.49. The lowest BCUT2D eigenvalue weighted by molar-refractivity contribution is 0.627. The second kappa shape index (κ2) is 5.15. The molecule has 0 aliphatic heterocycles. The fourth-order valence-corrected chi connectivity index (χ4v) is 1.68. The SMILES string of the molecule is Fc1ccc(CNc2cc(F)cc(Cl)c2)cc1. The third-order valence-electron chi connectivity index (χ3n) is 2.27. The molecule has 0 aliphatic rings. The molecule has 1 N–H and O–H groups in total. The smallest absolute Gasteiger partial charge is 0.126 e. The van der Waals surface area contributed by atoms with Crippen LogP contribution in [0, 0.1) is 11.6 Å². The molecule has 2 aromatic rings. The highest BCUT2D eigenvalue weighted by Crippen LogP contribution is 2.18. The Morgan fingerprint density at radius 1 is 0.941 bits per heavy atom. The maximum Gasteiger partial charge on any atom is 0.126 e. The first-order valence-corrected chi connectivity index (χ1v) is 5.46. The van der Waals surface area contributed by atoms with Crippen molar-refractivity contribution in [3.05, 3.63) is 64.7 Å². The van der Waals surface area contributed by atoms with Crippen LogP contribution in [0.4, 0.5) is 14.5 Å². The van der Waals surface area contributed by atoms with Gasteiger partial charge in [-0.1, -0.05) is 23.7 Å². The molecule has 2 rings (SSSR count). The normalized spacial score (nSPS) is 10.3. The third kappa shape index (κ3) is 3.43. The first kappa shape index (κ1) is 11.9. The van der Waals surface area contributed by atoms with Crippen LogP contribution in [0.5, 0.6) is 0 Å². The van der Waals surface area contributed by atoms with E-state index in [1.165, 1.54) is 24.3 Å². The molecule has 88 valence electrons. The second-order valence-corrected chi connectivity index (χ2v) is 4.07. The Morgan fingerprint density at radius 2 is 1.65 bits per heavy atom. The van der Waals surface area contributed by atoms with Crippen LogP contribution in [-0.2, 0) is 6.54 Å². The Kier molecular flexibility index (Phi) is 3.59. The van der Waals surface area contributed by atoms with Gasteiger partial charge in [0.2, 0.25) is 0 Å². The van der Waals surface area contributed by atoms with Crippen molar-refractivity contribution < 1.29 is 8.78 Å². The van der Waals surface area contributed by atoms with Crippen molar-refractivity contribution >= 4 is 17.3 Å². The van der Waals surface area contributed by atoms with Crippen molar-refractivity contribution in [3.63, 3.8) is 0 Å². The maximum absolute atomic E-state index is 13.0. The Hall–Kier alpha value is -1.61. The molecule has 0 aromatic heterocycles. The predicted molar refractivity (Wildman–Crippen MR) is 65.1 cm³/mol. The number of hydrogen-bond donors (Lipinski definition) is 1. The molecule has 0 unspecified atom stereocenters. The van der Waals surface area contributed by atoms with E-state index >= 15 is 0 Å². The van der Waals surface area contributed by atoms with Gasteiger partial charge in [0.1, 0.15) is 11.6 Å². The number of anilines is 1. The van der Waals surface area contributed by atoms with Crippen LogP contribution in [0.3, 0.4) is 0 Å². The zero-order valence-electron chi connectivity index (χ0n) is 8.88. The molecule has 0 bridgehead atoms. The Morgan fingerprint density at radius 3 is 2.29 bits per heavy atom. The van der Waals surface area contributed by atoms with E-state index in [0.29, 0.717) is 17.3 Å². The summed E-state index contributed by atoms with van der Waals surface area (Å²) in [5, 5.41) is 3.35. The van der Waals surface area contributed by atoms with Crippen molar-refractivity contribution in [2.24, 2.45) is 0 Å². The molecule has 0 fully saturated rings. The Labute approximate surface area is 103 Å². The zero-order valence-corrected chi connectivity index (χ0v) is 9.64. The van der Waals surface area contributed by atoms with Crippen molar-refractivity contribution in [1.29, 1.82) is 0 Å². The molecule has 0 spiro atoms. The van der Waals surface area contributed by atoms with Gasteiger partial charge in [-0.15, -0.1) is 0 Å². The van der Waals surface area contributed by atoms with Gasteiger partial charge in [-0.2, -0.15) is 0 Å². The quantitative estimate of drug-likeness (QED) is 0.863. The van der Waals surface area contributed by atoms with E-state index in [2.05, 4.69) is 5.32 Å². The first-order chi connectivity index (χ1) is 8.13.